The van der Waals surface area contributed by atoms with Crippen molar-refractivity contribution in [2.24, 2.45) is 5.92 Å². The third-order valence-corrected chi connectivity index (χ3v) is 3.23. The lowest BCUT2D eigenvalue weighted by molar-refractivity contribution is -0.116. The maximum atomic E-state index is 11.3. The molecule has 4 nitrogen and oxygen atoms in total. The van der Waals surface area contributed by atoms with Gasteiger partial charge in [0.2, 0.25) is 5.91 Å². The van der Waals surface area contributed by atoms with Gasteiger partial charge in [-0.3, -0.25) is 4.79 Å². The van der Waals surface area contributed by atoms with Crippen LogP contribution in [0.3, 0.4) is 0 Å². The molecule has 1 aromatic carbocycles. The summed E-state index contributed by atoms with van der Waals surface area (Å²) >= 11 is 0. The zero-order chi connectivity index (χ0) is 13.7. The molecule has 0 aliphatic heterocycles. The fourth-order valence-corrected chi connectivity index (χ4v) is 1.53. The van der Waals surface area contributed by atoms with Gasteiger partial charge in [0.1, 0.15) is 0 Å². The molecule has 0 bridgehead atoms. The van der Waals surface area contributed by atoms with Gasteiger partial charge >= 0.3 is 0 Å². The lowest BCUT2D eigenvalue weighted by Crippen LogP contribution is -2.23. The number of benzene rings is 1. The SMILES string of the molecule is CCC(C)CNc1ccc(N(C)C(C)=O)cc1N. The molecule has 100 valence electrons. The first-order valence-electron chi connectivity index (χ1n) is 6.33. The molecule has 18 heavy (non-hydrogen) atoms. The highest BCUT2D eigenvalue weighted by Crippen LogP contribution is 2.25. The molecule has 0 aromatic heterocycles. The molecule has 0 aliphatic rings. The van der Waals surface area contributed by atoms with Crippen LogP contribution in [0.1, 0.15) is 27.2 Å². The van der Waals surface area contributed by atoms with Crippen LogP contribution in [0, 0.1) is 5.92 Å². The molecule has 1 atom stereocenters. The molecule has 0 aliphatic carbocycles. The highest BCUT2D eigenvalue weighted by Gasteiger charge is 2.08. The lowest BCUT2D eigenvalue weighted by atomic mass is 10.1. The Morgan fingerprint density at radius 3 is 2.67 bits per heavy atom. The highest BCUT2D eigenvalue weighted by molar-refractivity contribution is 5.92. The van der Waals surface area contributed by atoms with Crippen LogP contribution in [-0.4, -0.2) is 19.5 Å². The van der Waals surface area contributed by atoms with Crippen LogP contribution >= 0.6 is 0 Å². The van der Waals surface area contributed by atoms with Gasteiger partial charge in [0.05, 0.1) is 11.4 Å². The van der Waals surface area contributed by atoms with E-state index in [4.69, 9.17) is 5.73 Å². The average molecular weight is 249 g/mol. The van der Waals surface area contributed by atoms with Crippen molar-refractivity contribution in [1.82, 2.24) is 0 Å². The second-order valence-electron chi connectivity index (χ2n) is 4.74. The van der Waals surface area contributed by atoms with E-state index < -0.39 is 0 Å². The summed E-state index contributed by atoms with van der Waals surface area (Å²) in [4.78, 5) is 12.8. The number of nitrogens with zero attached hydrogens (tertiary/aromatic N) is 1. The first-order valence-corrected chi connectivity index (χ1v) is 6.33. The Bertz CT molecular complexity index is 418. The second-order valence-corrected chi connectivity index (χ2v) is 4.74. The van der Waals surface area contributed by atoms with Crippen molar-refractivity contribution in [2.45, 2.75) is 27.2 Å². The number of hydrogen-bond donors (Lipinski definition) is 2. The quantitative estimate of drug-likeness (QED) is 0.789. The highest BCUT2D eigenvalue weighted by atomic mass is 16.2. The molecular formula is C14H23N3O. The number of hydrogen-bond acceptors (Lipinski definition) is 3. The Morgan fingerprint density at radius 1 is 1.50 bits per heavy atom. The molecule has 3 N–H and O–H groups in total. The van der Waals surface area contributed by atoms with Gasteiger partial charge in [-0.25, -0.2) is 0 Å². The zero-order valence-electron chi connectivity index (χ0n) is 11.7. The minimum Gasteiger partial charge on any atom is -0.397 e. The monoisotopic (exact) mass is 249 g/mol. The molecule has 4 heteroatoms. The molecule has 1 unspecified atom stereocenters. The summed E-state index contributed by atoms with van der Waals surface area (Å²) in [6.07, 6.45) is 1.14. The summed E-state index contributed by atoms with van der Waals surface area (Å²) in [7, 11) is 1.74. The molecular weight excluding hydrogens is 226 g/mol. The van der Waals surface area contributed by atoms with Gasteiger partial charge in [-0.15, -0.1) is 0 Å². The third-order valence-electron chi connectivity index (χ3n) is 3.23. The van der Waals surface area contributed by atoms with Gasteiger partial charge in [-0.05, 0) is 24.1 Å². The van der Waals surface area contributed by atoms with Crippen molar-refractivity contribution in [3.8, 4) is 0 Å². The van der Waals surface area contributed by atoms with Crippen LogP contribution in [0.15, 0.2) is 18.2 Å². The topological polar surface area (TPSA) is 58.4 Å². The molecule has 0 saturated carbocycles. The second kappa shape index (κ2) is 6.28. The predicted molar refractivity (Wildman–Crippen MR) is 77.9 cm³/mol. The molecule has 1 amide bonds. The van der Waals surface area contributed by atoms with E-state index in [1.807, 2.05) is 18.2 Å². The molecule has 1 aromatic rings. The van der Waals surface area contributed by atoms with Crippen LogP contribution in [0.2, 0.25) is 0 Å². The minimum absolute atomic E-state index is 0.00489. The largest absolute Gasteiger partial charge is 0.397 e. The number of amides is 1. The summed E-state index contributed by atoms with van der Waals surface area (Å²) in [5, 5.41) is 3.33. The van der Waals surface area contributed by atoms with E-state index in [0.717, 1.165) is 24.3 Å². The van der Waals surface area contributed by atoms with Crippen LogP contribution in [0.5, 0.6) is 0 Å². The summed E-state index contributed by atoms with van der Waals surface area (Å²) in [6.45, 7) is 6.80. The lowest BCUT2D eigenvalue weighted by Gasteiger charge is -2.18. The van der Waals surface area contributed by atoms with Gasteiger partial charge in [0, 0.05) is 26.2 Å². The number of rotatable bonds is 5. The maximum absolute atomic E-state index is 11.3. The predicted octanol–water partition coefficient (Wildman–Crippen LogP) is 2.71. The smallest absolute Gasteiger partial charge is 0.223 e. The summed E-state index contributed by atoms with van der Waals surface area (Å²) in [5.41, 5.74) is 8.40. The first-order chi connectivity index (χ1) is 8.45. The van der Waals surface area contributed by atoms with Crippen molar-refractivity contribution in [3.63, 3.8) is 0 Å². The molecule has 0 spiro atoms. The Kier molecular flexibility index (Phi) is 5.01. The number of carbonyl (C=O) groups is 1. The van der Waals surface area contributed by atoms with Crippen LogP contribution in [0.4, 0.5) is 17.1 Å². The standard InChI is InChI=1S/C14H23N3O/c1-5-10(2)9-16-14-7-6-12(8-13(14)15)17(4)11(3)18/h6-8,10,16H,5,9,15H2,1-4H3. The molecule has 0 heterocycles. The zero-order valence-corrected chi connectivity index (χ0v) is 11.7. The average Bonchev–Trinajstić information content (AvgIpc) is 2.35. The van der Waals surface area contributed by atoms with Crippen LogP contribution in [-0.2, 0) is 4.79 Å². The van der Waals surface area contributed by atoms with Gasteiger partial charge in [0.25, 0.3) is 0 Å². The van der Waals surface area contributed by atoms with E-state index in [9.17, 15) is 4.79 Å². The first kappa shape index (κ1) is 14.4. The van der Waals surface area contributed by atoms with Crippen molar-refractivity contribution < 1.29 is 4.79 Å². The molecule has 0 fully saturated rings. The van der Waals surface area contributed by atoms with E-state index in [1.54, 1.807) is 11.9 Å². The van der Waals surface area contributed by atoms with E-state index in [1.165, 1.54) is 6.92 Å². The normalized spacial score (nSPS) is 12.0. The Morgan fingerprint density at radius 2 is 2.17 bits per heavy atom. The Labute approximate surface area is 109 Å². The van der Waals surface area contributed by atoms with Crippen molar-refractivity contribution >= 4 is 23.0 Å². The third kappa shape index (κ3) is 3.65. The van der Waals surface area contributed by atoms with Crippen molar-refractivity contribution in [1.29, 1.82) is 0 Å². The number of nitrogens with two attached hydrogens (primary N) is 1. The van der Waals surface area contributed by atoms with Gasteiger partial charge in [0.15, 0.2) is 0 Å². The van der Waals surface area contributed by atoms with Gasteiger partial charge in [-0.2, -0.15) is 0 Å². The fraction of sp³-hybridized carbons (Fsp3) is 0.500. The van der Waals surface area contributed by atoms with Crippen LogP contribution in [0.25, 0.3) is 0 Å². The van der Waals surface area contributed by atoms with E-state index in [0.29, 0.717) is 11.6 Å². The van der Waals surface area contributed by atoms with E-state index in [2.05, 4.69) is 19.2 Å². The fourth-order valence-electron chi connectivity index (χ4n) is 1.53. The van der Waals surface area contributed by atoms with Crippen molar-refractivity contribution in [2.75, 3.05) is 29.5 Å². The number of nitrogen functional groups attached to an aromatic ring is 1. The Hall–Kier alpha value is -1.71. The number of carbonyl (C=O) groups excluding carboxylic acids is 1. The maximum Gasteiger partial charge on any atom is 0.223 e. The number of anilines is 3. The van der Waals surface area contributed by atoms with Crippen molar-refractivity contribution in [3.05, 3.63) is 18.2 Å². The van der Waals surface area contributed by atoms with E-state index >= 15 is 0 Å². The minimum atomic E-state index is -0.00489. The number of nitrogens with one attached hydrogen (secondary N) is 1. The van der Waals surface area contributed by atoms with Gasteiger partial charge < -0.3 is 16.0 Å². The molecule has 0 saturated heterocycles. The Balaban J connectivity index is 2.76. The van der Waals surface area contributed by atoms with Gasteiger partial charge in [-0.1, -0.05) is 20.3 Å². The summed E-state index contributed by atoms with van der Waals surface area (Å²) < 4.78 is 0. The summed E-state index contributed by atoms with van der Waals surface area (Å²) in [6, 6.07) is 5.64. The molecule has 1 rings (SSSR count). The molecule has 0 radical (unpaired) electrons. The van der Waals surface area contributed by atoms with E-state index in [-0.39, 0.29) is 5.91 Å². The summed E-state index contributed by atoms with van der Waals surface area (Å²) in [5.74, 6) is 0.610. The van der Waals surface area contributed by atoms with Crippen LogP contribution < -0.4 is 16.0 Å².